The molecule has 0 unspecified atom stereocenters. The van der Waals surface area contributed by atoms with Crippen LogP contribution in [0.25, 0.3) is 0 Å². The van der Waals surface area contributed by atoms with Gasteiger partial charge in [0.05, 0.1) is 7.05 Å². The number of thioether (sulfide) groups is 1. The van der Waals surface area contributed by atoms with Crippen molar-refractivity contribution in [3.63, 3.8) is 0 Å². The average molecular weight is 313 g/mol. The lowest BCUT2D eigenvalue weighted by molar-refractivity contribution is -0.708. The standard InChI is InChI=1S/C7H8Br2N2S/c1-11-3-2-10-7(11)12-5-6(9)4-8/h2-4H,5H2,1H3/p+1/b6-4+. The van der Waals surface area contributed by atoms with E-state index in [0.29, 0.717) is 0 Å². The molecule has 12 heavy (non-hydrogen) atoms. The Morgan fingerprint density at radius 2 is 2.58 bits per heavy atom. The number of imidazole rings is 1. The Bertz CT molecular complexity index is 283. The number of aromatic nitrogens is 2. The molecule has 0 aliphatic rings. The van der Waals surface area contributed by atoms with Crippen molar-refractivity contribution in [1.82, 2.24) is 4.98 Å². The zero-order chi connectivity index (χ0) is 8.97. The summed E-state index contributed by atoms with van der Waals surface area (Å²) in [5.74, 6) is 0.930. The van der Waals surface area contributed by atoms with Crippen LogP contribution in [0.3, 0.4) is 0 Å². The fourth-order valence-corrected chi connectivity index (χ4v) is 2.20. The number of nitrogens with one attached hydrogen (secondary N) is 1. The molecule has 0 aliphatic carbocycles. The number of hydrogen-bond donors (Lipinski definition) is 1. The first kappa shape index (κ1) is 10.3. The Kier molecular flexibility index (Phi) is 4.39. The predicted molar refractivity (Wildman–Crippen MR) is 58.6 cm³/mol. The monoisotopic (exact) mass is 311 g/mol. The molecule has 0 bridgehead atoms. The lowest BCUT2D eigenvalue weighted by Gasteiger charge is -1.93. The molecule has 66 valence electrons. The number of hydrogen-bond acceptors (Lipinski definition) is 1. The number of rotatable bonds is 3. The van der Waals surface area contributed by atoms with Crippen molar-refractivity contribution < 1.29 is 4.57 Å². The number of halogens is 2. The van der Waals surface area contributed by atoms with E-state index in [2.05, 4.69) is 41.4 Å². The van der Waals surface area contributed by atoms with E-state index < -0.39 is 0 Å². The highest BCUT2D eigenvalue weighted by Gasteiger charge is 2.06. The minimum atomic E-state index is 0.930. The number of nitrogens with zero attached hydrogens (tertiary/aromatic N) is 1. The van der Waals surface area contributed by atoms with E-state index >= 15 is 0 Å². The van der Waals surface area contributed by atoms with Crippen molar-refractivity contribution in [3.8, 4) is 0 Å². The Morgan fingerprint density at radius 1 is 1.83 bits per heavy atom. The van der Waals surface area contributed by atoms with E-state index in [0.717, 1.165) is 15.4 Å². The van der Waals surface area contributed by atoms with Crippen LogP contribution in [0.5, 0.6) is 0 Å². The molecule has 1 aromatic heterocycles. The molecule has 1 aromatic rings. The van der Waals surface area contributed by atoms with Crippen LogP contribution in [0.1, 0.15) is 0 Å². The minimum absolute atomic E-state index is 0.930. The summed E-state index contributed by atoms with van der Waals surface area (Å²) in [6, 6.07) is 0. The van der Waals surface area contributed by atoms with E-state index in [1.54, 1.807) is 11.8 Å². The molecule has 0 radical (unpaired) electrons. The third-order valence-electron chi connectivity index (χ3n) is 1.29. The summed E-state index contributed by atoms with van der Waals surface area (Å²) in [6.45, 7) is 0. The normalized spacial score (nSPS) is 12.1. The second-order valence-corrected chi connectivity index (χ2v) is 4.66. The summed E-state index contributed by atoms with van der Waals surface area (Å²) in [6.07, 6.45) is 3.92. The van der Waals surface area contributed by atoms with Gasteiger partial charge in [-0.1, -0.05) is 31.9 Å². The third kappa shape index (κ3) is 2.95. The van der Waals surface area contributed by atoms with Crippen LogP contribution in [0, 0.1) is 0 Å². The molecular formula is C7H9Br2N2S+. The van der Waals surface area contributed by atoms with Crippen LogP contribution in [-0.2, 0) is 7.05 Å². The van der Waals surface area contributed by atoms with Crippen LogP contribution < -0.4 is 4.57 Å². The van der Waals surface area contributed by atoms with Crippen molar-refractivity contribution in [2.45, 2.75) is 5.16 Å². The fraction of sp³-hybridized carbons (Fsp3) is 0.286. The second kappa shape index (κ2) is 5.09. The highest BCUT2D eigenvalue weighted by molar-refractivity contribution is 9.14. The average Bonchev–Trinajstić information content (AvgIpc) is 2.47. The minimum Gasteiger partial charge on any atom is -0.238 e. The van der Waals surface area contributed by atoms with E-state index in [-0.39, 0.29) is 0 Å². The summed E-state index contributed by atoms with van der Waals surface area (Å²) in [4.78, 5) is 5.03. The van der Waals surface area contributed by atoms with Gasteiger partial charge in [-0.2, -0.15) is 0 Å². The Balaban J connectivity index is 2.49. The van der Waals surface area contributed by atoms with Crippen molar-refractivity contribution >= 4 is 43.6 Å². The van der Waals surface area contributed by atoms with Gasteiger partial charge in [0.1, 0.15) is 12.4 Å². The third-order valence-corrected chi connectivity index (χ3v) is 4.47. The SMILES string of the molecule is C[n+]1cc[nH]c1SC/C(Br)=C\Br. The van der Waals surface area contributed by atoms with Crippen LogP contribution in [0.15, 0.2) is 27.0 Å². The highest BCUT2D eigenvalue weighted by Crippen LogP contribution is 2.19. The molecule has 0 atom stereocenters. The van der Waals surface area contributed by atoms with Crippen molar-refractivity contribution in [2.24, 2.45) is 7.05 Å². The van der Waals surface area contributed by atoms with Crippen LogP contribution in [-0.4, -0.2) is 10.7 Å². The lowest BCUT2D eigenvalue weighted by Crippen LogP contribution is -2.27. The van der Waals surface area contributed by atoms with Crippen molar-refractivity contribution in [1.29, 1.82) is 0 Å². The molecule has 1 N–H and O–H groups in total. The molecule has 5 heteroatoms. The molecule has 1 rings (SSSR count). The summed E-state index contributed by atoms with van der Waals surface area (Å²) in [5.41, 5.74) is 0. The molecule has 0 amide bonds. The Hall–Kier alpha value is 0.260. The first-order valence-electron chi connectivity index (χ1n) is 3.34. The van der Waals surface area contributed by atoms with Crippen molar-refractivity contribution in [3.05, 3.63) is 21.9 Å². The number of aromatic amines is 1. The van der Waals surface area contributed by atoms with Gasteiger partial charge in [0, 0.05) is 10.2 Å². The van der Waals surface area contributed by atoms with Gasteiger partial charge in [-0.15, -0.1) is 0 Å². The van der Waals surface area contributed by atoms with Gasteiger partial charge < -0.3 is 0 Å². The van der Waals surface area contributed by atoms with E-state index in [4.69, 9.17) is 0 Å². The van der Waals surface area contributed by atoms with Gasteiger partial charge >= 0.3 is 5.16 Å². The molecule has 0 spiro atoms. The van der Waals surface area contributed by atoms with E-state index in [1.165, 1.54) is 0 Å². The molecule has 1 heterocycles. The molecular weight excluding hydrogens is 304 g/mol. The summed E-state index contributed by atoms with van der Waals surface area (Å²) < 4.78 is 3.20. The van der Waals surface area contributed by atoms with Crippen LogP contribution in [0.2, 0.25) is 0 Å². The molecule has 0 saturated heterocycles. The van der Waals surface area contributed by atoms with Crippen LogP contribution in [0.4, 0.5) is 0 Å². The number of H-pyrrole nitrogens is 1. The maximum absolute atomic E-state index is 3.42. The summed E-state index contributed by atoms with van der Waals surface area (Å²) in [5, 5.41) is 1.15. The summed E-state index contributed by atoms with van der Waals surface area (Å²) >= 11 is 8.42. The zero-order valence-electron chi connectivity index (χ0n) is 6.55. The topological polar surface area (TPSA) is 19.7 Å². The molecule has 0 fully saturated rings. The molecule has 0 aromatic carbocycles. The Labute approximate surface area is 92.7 Å². The van der Waals surface area contributed by atoms with Gasteiger partial charge in [-0.05, 0) is 16.7 Å². The maximum Gasteiger partial charge on any atom is 0.315 e. The predicted octanol–water partition coefficient (Wildman–Crippen LogP) is 2.56. The fourth-order valence-electron chi connectivity index (χ4n) is 0.702. The van der Waals surface area contributed by atoms with Crippen molar-refractivity contribution in [2.75, 3.05) is 5.75 Å². The highest BCUT2D eigenvalue weighted by atomic mass is 79.9. The molecule has 0 saturated carbocycles. The largest absolute Gasteiger partial charge is 0.315 e. The van der Waals surface area contributed by atoms with Crippen LogP contribution >= 0.6 is 43.6 Å². The smallest absolute Gasteiger partial charge is 0.238 e. The van der Waals surface area contributed by atoms with E-state index in [9.17, 15) is 0 Å². The Morgan fingerprint density at radius 3 is 3.08 bits per heavy atom. The molecule has 0 aliphatic heterocycles. The van der Waals surface area contributed by atoms with Gasteiger partial charge in [0.15, 0.2) is 0 Å². The number of aryl methyl sites for hydroxylation is 1. The maximum atomic E-state index is 3.42. The molecule has 2 nitrogen and oxygen atoms in total. The van der Waals surface area contributed by atoms with Gasteiger partial charge in [-0.3, -0.25) is 0 Å². The first-order chi connectivity index (χ1) is 5.74. The lowest BCUT2D eigenvalue weighted by atomic mass is 10.8. The summed E-state index contributed by atoms with van der Waals surface area (Å²) in [7, 11) is 2.02. The van der Waals surface area contributed by atoms with Gasteiger partial charge in [0.2, 0.25) is 0 Å². The van der Waals surface area contributed by atoms with E-state index in [1.807, 2.05) is 24.4 Å². The quantitative estimate of drug-likeness (QED) is 0.671. The zero-order valence-corrected chi connectivity index (χ0v) is 10.5. The van der Waals surface area contributed by atoms with Gasteiger partial charge in [-0.25, -0.2) is 9.55 Å². The second-order valence-electron chi connectivity index (χ2n) is 2.22. The first-order valence-corrected chi connectivity index (χ1v) is 6.04. The van der Waals surface area contributed by atoms with Gasteiger partial charge in [0.25, 0.3) is 0 Å².